The Kier molecular flexibility index (Phi) is 6.75. The second-order valence-corrected chi connectivity index (χ2v) is 12.3. The van der Waals surface area contributed by atoms with Crippen LogP contribution >= 0.6 is 11.3 Å². The van der Waals surface area contributed by atoms with Crippen molar-refractivity contribution in [2.24, 2.45) is 23.2 Å². The highest BCUT2D eigenvalue weighted by Gasteiger charge is 2.54. The number of anilines is 1. The average Bonchev–Trinajstić information content (AvgIpc) is 3.20. The summed E-state index contributed by atoms with van der Waals surface area (Å²) >= 11 is 1.57. The van der Waals surface area contributed by atoms with Crippen molar-refractivity contribution in [3.63, 3.8) is 0 Å². The lowest BCUT2D eigenvalue weighted by molar-refractivity contribution is -0.140. The number of likely N-dealkylation sites (N-methyl/N-ethyl adjacent to an activating group) is 1. The largest absolute Gasteiger partial charge is 0.494 e. The SMILES string of the molecule is CCCOc1ccc(-c2cc(C(O)CN(C)C)c(NC(=O)C34CC5CC(CC(C5)C3)C4)s2)cc1. The second-order valence-electron chi connectivity index (χ2n) is 11.2. The van der Waals surface area contributed by atoms with Gasteiger partial charge in [-0.2, -0.15) is 0 Å². The molecule has 0 aliphatic heterocycles. The summed E-state index contributed by atoms with van der Waals surface area (Å²) < 4.78 is 5.73. The molecule has 4 aliphatic rings. The number of hydrogen-bond acceptors (Lipinski definition) is 5. The van der Waals surface area contributed by atoms with Gasteiger partial charge in [-0.05, 0) is 113 Å². The summed E-state index contributed by atoms with van der Waals surface area (Å²) in [5, 5.41) is 15.1. The molecule has 4 fully saturated rings. The Morgan fingerprint density at radius 3 is 2.32 bits per heavy atom. The summed E-state index contributed by atoms with van der Waals surface area (Å²) in [6.45, 7) is 3.32. The first-order chi connectivity index (χ1) is 16.3. The van der Waals surface area contributed by atoms with Crippen molar-refractivity contribution in [2.75, 3.05) is 32.6 Å². The quantitative estimate of drug-likeness (QED) is 0.463. The van der Waals surface area contributed by atoms with Gasteiger partial charge in [0, 0.05) is 17.0 Å². The van der Waals surface area contributed by atoms with Crippen molar-refractivity contribution in [2.45, 2.75) is 58.0 Å². The van der Waals surface area contributed by atoms with Crippen LogP contribution in [0.2, 0.25) is 0 Å². The second kappa shape index (κ2) is 9.63. The fourth-order valence-electron chi connectivity index (χ4n) is 6.90. The summed E-state index contributed by atoms with van der Waals surface area (Å²) in [6.07, 6.45) is 7.40. The van der Waals surface area contributed by atoms with Gasteiger partial charge in [-0.25, -0.2) is 0 Å². The summed E-state index contributed by atoms with van der Waals surface area (Å²) in [4.78, 5) is 16.8. The predicted molar refractivity (Wildman–Crippen MR) is 138 cm³/mol. The van der Waals surface area contributed by atoms with Crippen molar-refractivity contribution in [1.29, 1.82) is 0 Å². The summed E-state index contributed by atoms with van der Waals surface area (Å²) in [6, 6.07) is 10.2. The van der Waals surface area contributed by atoms with Crippen molar-refractivity contribution in [3.05, 3.63) is 35.9 Å². The van der Waals surface area contributed by atoms with Crippen LogP contribution in [0.4, 0.5) is 5.00 Å². The molecule has 6 heteroatoms. The standard InChI is InChI=1S/C28H38N2O3S/c1-4-9-33-22-7-5-21(6-8-22)25-13-23(24(31)17-30(2)3)26(34-25)29-27(32)28-14-18-10-19(15-28)12-20(11-18)16-28/h5-8,13,18-20,24,31H,4,9-12,14-17H2,1-3H3,(H,29,32). The molecule has 1 heterocycles. The summed E-state index contributed by atoms with van der Waals surface area (Å²) in [7, 11) is 3.92. The van der Waals surface area contributed by atoms with E-state index in [4.69, 9.17) is 4.74 Å². The van der Waals surface area contributed by atoms with E-state index in [1.54, 1.807) is 11.3 Å². The van der Waals surface area contributed by atoms with Gasteiger partial charge in [-0.3, -0.25) is 4.79 Å². The minimum atomic E-state index is -0.654. The molecule has 4 bridgehead atoms. The number of rotatable bonds is 9. The lowest BCUT2D eigenvalue weighted by Crippen LogP contribution is -2.51. The third kappa shape index (κ3) is 4.77. The van der Waals surface area contributed by atoms with Crippen LogP contribution in [0, 0.1) is 23.2 Å². The van der Waals surface area contributed by atoms with Crippen LogP contribution in [0.5, 0.6) is 5.75 Å². The van der Waals surface area contributed by atoms with E-state index < -0.39 is 6.10 Å². The number of ether oxygens (including phenoxy) is 1. The molecule has 1 amide bonds. The number of nitrogens with one attached hydrogen (secondary N) is 1. The van der Waals surface area contributed by atoms with Crippen molar-refractivity contribution in [1.82, 2.24) is 4.90 Å². The number of thiophene rings is 1. The molecule has 1 atom stereocenters. The van der Waals surface area contributed by atoms with Gasteiger partial charge in [-0.1, -0.05) is 6.92 Å². The molecule has 6 rings (SSSR count). The summed E-state index contributed by atoms with van der Waals surface area (Å²) in [5.74, 6) is 3.22. The highest BCUT2D eigenvalue weighted by atomic mass is 32.1. The maximum absolute atomic E-state index is 13.7. The zero-order chi connectivity index (χ0) is 23.9. The smallest absolute Gasteiger partial charge is 0.231 e. The van der Waals surface area contributed by atoms with Crippen LogP contribution in [-0.4, -0.2) is 43.2 Å². The van der Waals surface area contributed by atoms with E-state index in [9.17, 15) is 9.90 Å². The van der Waals surface area contributed by atoms with E-state index in [-0.39, 0.29) is 11.3 Å². The van der Waals surface area contributed by atoms with Gasteiger partial charge in [0.15, 0.2) is 0 Å². The molecule has 34 heavy (non-hydrogen) atoms. The minimum Gasteiger partial charge on any atom is -0.494 e. The Morgan fingerprint density at radius 1 is 1.15 bits per heavy atom. The van der Waals surface area contributed by atoms with Crippen molar-refractivity contribution < 1.29 is 14.6 Å². The molecule has 0 spiro atoms. The molecule has 0 radical (unpaired) electrons. The van der Waals surface area contributed by atoms with Crippen LogP contribution in [0.25, 0.3) is 10.4 Å². The predicted octanol–water partition coefficient (Wildman–Crippen LogP) is 5.95. The van der Waals surface area contributed by atoms with Gasteiger partial charge >= 0.3 is 0 Å². The molecule has 5 nitrogen and oxygen atoms in total. The average molecular weight is 483 g/mol. The zero-order valence-electron chi connectivity index (χ0n) is 20.7. The minimum absolute atomic E-state index is 0.182. The molecule has 1 unspecified atom stereocenters. The summed E-state index contributed by atoms with van der Waals surface area (Å²) in [5.41, 5.74) is 1.68. The molecule has 184 valence electrons. The van der Waals surface area contributed by atoms with Gasteiger partial charge in [0.05, 0.1) is 18.1 Å². The van der Waals surface area contributed by atoms with Crippen LogP contribution in [0.15, 0.2) is 30.3 Å². The topological polar surface area (TPSA) is 61.8 Å². The molecule has 2 N–H and O–H groups in total. The van der Waals surface area contributed by atoms with Crippen molar-refractivity contribution in [3.8, 4) is 16.2 Å². The van der Waals surface area contributed by atoms with E-state index in [1.807, 2.05) is 31.1 Å². The maximum Gasteiger partial charge on any atom is 0.231 e. The van der Waals surface area contributed by atoms with Crippen LogP contribution in [0.3, 0.4) is 0 Å². The number of hydrogen-bond donors (Lipinski definition) is 2. The van der Waals surface area contributed by atoms with Gasteiger partial charge in [0.2, 0.25) is 5.91 Å². The van der Waals surface area contributed by atoms with Gasteiger partial charge in [0.1, 0.15) is 10.8 Å². The molecule has 1 aromatic heterocycles. The Hall–Kier alpha value is -1.89. The van der Waals surface area contributed by atoms with Crippen LogP contribution < -0.4 is 10.1 Å². The van der Waals surface area contributed by atoms with E-state index >= 15 is 0 Å². The Balaban J connectivity index is 1.40. The van der Waals surface area contributed by atoms with E-state index in [1.165, 1.54) is 19.3 Å². The molecule has 2 aromatic rings. The number of benzene rings is 1. The van der Waals surface area contributed by atoms with Crippen molar-refractivity contribution >= 4 is 22.2 Å². The number of carbonyl (C=O) groups excluding carboxylic acids is 1. The highest BCUT2D eigenvalue weighted by molar-refractivity contribution is 7.19. The molecule has 1 aromatic carbocycles. The first-order valence-corrected chi connectivity index (χ1v) is 13.7. The molecule has 0 saturated heterocycles. The van der Waals surface area contributed by atoms with Crippen LogP contribution in [0.1, 0.15) is 63.5 Å². The molecular weight excluding hydrogens is 444 g/mol. The number of aliphatic hydroxyl groups is 1. The molecular formula is C28H38N2O3S. The first-order valence-electron chi connectivity index (χ1n) is 12.9. The lowest BCUT2D eigenvalue weighted by Gasteiger charge is -2.55. The Bertz CT molecular complexity index is 978. The number of amides is 1. The molecule has 4 aliphatic carbocycles. The lowest BCUT2D eigenvalue weighted by atomic mass is 9.49. The van der Waals surface area contributed by atoms with Crippen LogP contribution in [-0.2, 0) is 4.79 Å². The Morgan fingerprint density at radius 2 is 1.76 bits per heavy atom. The zero-order valence-corrected chi connectivity index (χ0v) is 21.5. The fraction of sp³-hybridized carbons (Fsp3) is 0.607. The number of carbonyl (C=O) groups is 1. The first kappa shape index (κ1) is 23.8. The highest BCUT2D eigenvalue weighted by Crippen LogP contribution is 2.60. The van der Waals surface area contributed by atoms with Gasteiger partial charge < -0.3 is 20.1 Å². The third-order valence-corrected chi connectivity index (χ3v) is 9.13. The maximum atomic E-state index is 13.7. The van der Waals surface area contributed by atoms with Gasteiger partial charge in [-0.15, -0.1) is 11.3 Å². The van der Waals surface area contributed by atoms with Gasteiger partial charge in [0.25, 0.3) is 0 Å². The van der Waals surface area contributed by atoms with E-state index in [2.05, 4.69) is 30.4 Å². The Labute approximate surface area is 207 Å². The molecule has 4 saturated carbocycles. The third-order valence-electron chi connectivity index (χ3n) is 8.02. The normalized spacial score (nSPS) is 28.3. The monoisotopic (exact) mass is 482 g/mol. The number of aliphatic hydroxyl groups excluding tert-OH is 1. The van der Waals surface area contributed by atoms with E-state index in [0.717, 1.165) is 70.2 Å². The number of nitrogens with zero attached hydrogens (tertiary/aromatic N) is 1. The van der Waals surface area contributed by atoms with E-state index in [0.29, 0.717) is 13.2 Å². The fourth-order valence-corrected chi connectivity index (χ4v) is 8.01.